The van der Waals surface area contributed by atoms with E-state index >= 15 is 0 Å². The minimum Gasteiger partial charge on any atom is -0.365 e. The highest BCUT2D eigenvalue weighted by Crippen LogP contribution is 2.15. The van der Waals surface area contributed by atoms with E-state index in [1.165, 1.54) is 0 Å². The number of amides is 1. The number of benzene rings is 1. The van der Waals surface area contributed by atoms with E-state index in [0.717, 1.165) is 11.3 Å². The first-order valence-corrected chi connectivity index (χ1v) is 7.86. The molecule has 0 saturated heterocycles. The topological polar surface area (TPSA) is 75.4 Å². The van der Waals surface area contributed by atoms with Gasteiger partial charge in [0.1, 0.15) is 0 Å². The second-order valence-corrected chi connectivity index (χ2v) is 5.69. The fourth-order valence-corrected chi connectivity index (χ4v) is 2.33. The monoisotopic (exact) mass is 337 g/mol. The number of nitrogens with zero attached hydrogens (tertiary/aromatic N) is 5. The second-order valence-electron chi connectivity index (χ2n) is 5.69. The number of carbonyl (C=O) groups is 1. The number of carbonyl (C=O) groups excluding carboxylic acids is 1. The van der Waals surface area contributed by atoms with Crippen molar-refractivity contribution >= 4 is 11.6 Å². The van der Waals surface area contributed by atoms with Gasteiger partial charge >= 0.3 is 0 Å². The van der Waals surface area contributed by atoms with Crippen LogP contribution in [-0.4, -0.2) is 46.6 Å². The smallest absolute Gasteiger partial charge is 0.246 e. The van der Waals surface area contributed by atoms with Gasteiger partial charge in [0.15, 0.2) is 0 Å². The molecule has 0 radical (unpaired) electrons. The number of pyridine rings is 1. The van der Waals surface area contributed by atoms with Gasteiger partial charge in [-0.15, -0.1) is 0 Å². The summed E-state index contributed by atoms with van der Waals surface area (Å²) in [5.74, 6) is 0.847. The molecule has 2 heterocycles. The molecule has 7 nitrogen and oxygen atoms in total. The Balaban J connectivity index is 1.59. The predicted molar refractivity (Wildman–Crippen MR) is 93.7 cm³/mol. The third-order valence-corrected chi connectivity index (χ3v) is 3.77. The van der Waals surface area contributed by atoms with Gasteiger partial charge < -0.3 is 14.3 Å². The molecule has 0 saturated carbocycles. The highest BCUT2D eigenvalue weighted by Gasteiger charge is 2.16. The largest absolute Gasteiger partial charge is 0.365 e. The lowest BCUT2D eigenvalue weighted by atomic mass is 10.2. The molecule has 0 aliphatic heterocycles. The molecule has 128 valence electrons. The van der Waals surface area contributed by atoms with Crippen molar-refractivity contribution in [3.63, 3.8) is 0 Å². The molecule has 3 aromatic rings. The molecule has 0 unspecified atom stereocenters. The van der Waals surface area contributed by atoms with Crippen LogP contribution in [0.2, 0.25) is 0 Å². The molecule has 0 bridgehead atoms. The SMILES string of the molecule is CN(Cc1nc(-c2ccncc2)no1)C(=O)CN(C)c1ccccc1. The molecule has 0 N–H and O–H groups in total. The van der Waals surface area contributed by atoms with Gasteiger partial charge in [-0.3, -0.25) is 9.78 Å². The van der Waals surface area contributed by atoms with Crippen LogP contribution < -0.4 is 4.90 Å². The molecule has 1 amide bonds. The van der Waals surface area contributed by atoms with Crippen molar-refractivity contribution in [3.05, 3.63) is 60.7 Å². The quantitative estimate of drug-likeness (QED) is 0.686. The van der Waals surface area contributed by atoms with Crippen molar-refractivity contribution in [2.45, 2.75) is 6.54 Å². The number of anilines is 1. The van der Waals surface area contributed by atoms with Crippen molar-refractivity contribution in [3.8, 4) is 11.4 Å². The Morgan fingerprint density at radius 2 is 1.80 bits per heavy atom. The predicted octanol–water partition coefficient (Wildman–Crippen LogP) is 2.23. The molecule has 0 aliphatic carbocycles. The summed E-state index contributed by atoms with van der Waals surface area (Å²) in [6, 6.07) is 13.4. The Morgan fingerprint density at radius 3 is 2.52 bits per heavy atom. The summed E-state index contributed by atoms with van der Waals surface area (Å²) in [6.07, 6.45) is 3.33. The van der Waals surface area contributed by atoms with Crippen LogP contribution in [0.1, 0.15) is 5.89 Å². The summed E-state index contributed by atoms with van der Waals surface area (Å²) in [4.78, 5) is 24.1. The van der Waals surface area contributed by atoms with Crippen LogP contribution >= 0.6 is 0 Å². The van der Waals surface area contributed by atoms with Crippen molar-refractivity contribution in [2.24, 2.45) is 0 Å². The van der Waals surface area contributed by atoms with Gasteiger partial charge in [-0.05, 0) is 24.3 Å². The molecule has 1 aromatic carbocycles. The van der Waals surface area contributed by atoms with Crippen LogP contribution in [0, 0.1) is 0 Å². The van der Waals surface area contributed by atoms with E-state index in [0.29, 0.717) is 11.7 Å². The summed E-state index contributed by atoms with van der Waals surface area (Å²) >= 11 is 0. The lowest BCUT2D eigenvalue weighted by Gasteiger charge is -2.22. The minimum atomic E-state index is -0.0324. The summed E-state index contributed by atoms with van der Waals surface area (Å²) in [5.41, 5.74) is 1.81. The van der Waals surface area contributed by atoms with E-state index in [2.05, 4.69) is 15.1 Å². The first-order valence-electron chi connectivity index (χ1n) is 7.86. The summed E-state index contributed by atoms with van der Waals surface area (Å²) in [7, 11) is 3.60. The zero-order chi connectivity index (χ0) is 17.6. The summed E-state index contributed by atoms with van der Waals surface area (Å²) in [5, 5.41) is 3.95. The van der Waals surface area contributed by atoms with Crippen LogP contribution in [0.25, 0.3) is 11.4 Å². The van der Waals surface area contributed by atoms with Crippen molar-refractivity contribution in [1.29, 1.82) is 0 Å². The second kappa shape index (κ2) is 7.57. The molecular weight excluding hydrogens is 318 g/mol. The Bertz CT molecular complexity index is 820. The van der Waals surface area contributed by atoms with Crippen LogP contribution in [-0.2, 0) is 11.3 Å². The van der Waals surface area contributed by atoms with E-state index in [4.69, 9.17) is 4.52 Å². The molecular formula is C18H19N5O2. The van der Waals surface area contributed by atoms with E-state index < -0.39 is 0 Å². The minimum absolute atomic E-state index is 0.0324. The standard InChI is InChI=1S/C18H19N5O2/c1-22(15-6-4-3-5-7-15)13-17(24)23(2)12-16-20-18(21-25-16)14-8-10-19-11-9-14/h3-11H,12-13H2,1-2H3. The summed E-state index contributed by atoms with van der Waals surface area (Å²) in [6.45, 7) is 0.533. The van der Waals surface area contributed by atoms with Gasteiger partial charge in [0.2, 0.25) is 17.6 Å². The van der Waals surface area contributed by atoms with E-state index in [1.54, 1.807) is 36.5 Å². The van der Waals surface area contributed by atoms with Gasteiger partial charge in [-0.25, -0.2) is 0 Å². The molecule has 0 spiro atoms. The van der Waals surface area contributed by atoms with E-state index in [1.807, 2.05) is 42.3 Å². The first-order chi connectivity index (χ1) is 12.1. The first kappa shape index (κ1) is 16.6. The molecule has 7 heteroatoms. The zero-order valence-electron chi connectivity index (χ0n) is 14.2. The maximum atomic E-state index is 12.4. The lowest BCUT2D eigenvalue weighted by molar-refractivity contribution is -0.129. The Kier molecular flexibility index (Phi) is 5.03. The van der Waals surface area contributed by atoms with Crippen molar-refractivity contribution in [1.82, 2.24) is 20.0 Å². The van der Waals surface area contributed by atoms with Crippen LogP contribution in [0.15, 0.2) is 59.4 Å². The van der Waals surface area contributed by atoms with E-state index in [9.17, 15) is 4.79 Å². The lowest BCUT2D eigenvalue weighted by Crippen LogP contribution is -2.36. The molecule has 0 fully saturated rings. The van der Waals surface area contributed by atoms with Crippen molar-refractivity contribution in [2.75, 3.05) is 25.5 Å². The number of para-hydroxylation sites is 1. The number of likely N-dealkylation sites (N-methyl/N-ethyl adjacent to an activating group) is 2. The van der Waals surface area contributed by atoms with E-state index in [-0.39, 0.29) is 19.0 Å². The van der Waals surface area contributed by atoms with Gasteiger partial charge in [0, 0.05) is 37.7 Å². The van der Waals surface area contributed by atoms with Crippen LogP contribution in [0.5, 0.6) is 0 Å². The van der Waals surface area contributed by atoms with Crippen LogP contribution in [0.4, 0.5) is 5.69 Å². The fraction of sp³-hybridized carbons (Fsp3) is 0.222. The molecule has 25 heavy (non-hydrogen) atoms. The van der Waals surface area contributed by atoms with Gasteiger partial charge in [0.25, 0.3) is 0 Å². The normalized spacial score (nSPS) is 10.5. The molecule has 0 atom stereocenters. The van der Waals surface area contributed by atoms with Crippen LogP contribution in [0.3, 0.4) is 0 Å². The Labute approximate surface area is 145 Å². The highest BCUT2D eigenvalue weighted by molar-refractivity contribution is 5.81. The fourth-order valence-electron chi connectivity index (χ4n) is 2.33. The van der Waals surface area contributed by atoms with Gasteiger partial charge in [0.05, 0.1) is 13.1 Å². The molecule has 2 aromatic heterocycles. The number of rotatable bonds is 6. The maximum absolute atomic E-state index is 12.4. The number of hydrogen-bond donors (Lipinski definition) is 0. The Morgan fingerprint density at radius 1 is 1.08 bits per heavy atom. The number of aromatic nitrogens is 3. The Hall–Kier alpha value is -3.22. The third kappa shape index (κ3) is 4.20. The van der Waals surface area contributed by atoms with Gasteiger partial charge in [-0.1, -0.05) is 23.4 Å². The van der Waals surface area contributed by atoms with Crippen molar-refractivity contribution < 1.29 is 9.32 Å². The third-order valence-electron chi connectivity index (χ3n) is 3.77. The summed E-state index contributed by atoms with van der Waals surface area (Å²) < 4.78 is 5.24. The maximum Gasteiger partial charge on any atom is 0.246 e. The van der Waals surface area contributed by atoms with Gasteiger partial charge in [-0.2, -0.15) is 4.98 Å². The zero-order valence-corrected chi connectivity index (χ0v) is 14.2. The highest BCUT2D eigenvalue weighted by atomic mass is 16.5. The molecule has 3 rings (SSSR count). The molecule has 0 aliphatic rings. The number of hydrogen-bond acceptors (Lipinski definition) is 6. The average Bonchev–Trinajstić information content (AvgIpc) is 3.11. The average molecular weight is 337 g/mol.